The van der Waals surface area contributed by atoms with Crippen molar-refractivity contribution in [2.45, 2.75) is 18.9 Å². The summed E-state index contributed by atoms with van der Waals surface area (Å²) in [6.07, 6.45) is 1.28. The van der Waals surface area contributed by atoms with E-state index in [0.717, 1.165) is 12.0 Å². The summed E-state index contributed by atoms with van der Waals surface area (Å²) in [5.41, 5.74) is 1.64. The van der Waals surface area contributed by atoms with E-state index in [1.54, 1.807) is 12.1 Å². The number of halogens is 1. The van der Waals surface area contributed by atoms with E-state index in [9.17, 15) is 14.0 Å². The Balaban J connectivity index is 2.18. The quantitative estimate of drug-likeness (QED) is 0.817. The molecule has 84 valence electrons. The molecular formula is C12H12FNO2. The number of fused-ring (bicyclic) bond motifs is 1. The highest BCUT2D eigenvalue weighted by molar-refractivity contribution is 6.04. The summed E-state index contributed by atoms with van der Waals surface area (Å²) in [6, 6.07) is 6.74. The molecule has 0 aromatic heterocycles. The third-order valence-corrected chi connectivity index (χ3v) is 2.76. The van der Waals surface area contributed by atoms with Crippen molar-refractivity contribution in [2.75, 3.05) is 6.67 Å². The summed E-state index contributed by atoms with van der Waals surface area (Å²) >= 11 is 0. The van der Waals surface area contributed by atoms with Crippen molar-refractivity contribution in [3.63, 3.8) is 0 Å². The molecule has 0 fully saturated rings. The predicted octanol–water partition coefficient (Wildman–Crippen LogP) is 1.27. The molecular weight excluding hydrogens is 209 g/mol. The smallest absolute Gasteiger partial charge is 0.251 e. The van der Waals surface area contributed by atoms with Crippen molar-refractivity contribution >= 4 is 11.7 Å². The molecule has 2 rings (SSSR count). The predicted molar refractivity (Wildman–Crippen MR) is 57.0 cm³/mol. The summed E-state index contributed by atoms with van der Waals surface area (Å²) in [5, 5.41) is 2.40. The first kappa shape index (κ1) is 10.8. The molecule has 0 bridgehead atoms. The summed E-state index contributed by atoms with van der Waals surface area (Å²) in [7, 11) is 0. The second-order valence-electron chi connectivity index (χ2n) is 3.81. The molecule has 4 heteroatoms. The van der Waals surface area contributed by atoms with E-state index in [0.29, 0.717) is 12.0 Å². The number of hydrogen-bond acceptors (Lipinski definition) is 2. The molecule has 16 heavy (non-hydrogen) atoms. The van der Waals surface area contributed by atoms with E-state index in [1.807, 2.05) is 12.1 Å². The van der Waals surface area contributed by atoms with Crippen LogP contribution >= 0.6 is 0 Å². The largest absolute Gasteiger partial charge is 0.344 e. The molecule has 1 atom stereocenters. The molecule has 1 aliphatic rings. The summed E-state index contributed by atoms with van der Waals surface area (Å²) in [5.74, 6) is -0.846. The molecule has 0 saturated carbocycles. The van der Waals surface area contributed by atoms with E-state index in [4.69, 9.17) is 0 Å². The lowest BCUT2D eigenvalue weighted by Gasteiger charge is -2.23. The van der Waals surface area contributed by atoms with Gasteiger partial charge in [0, 0.05) is 5.56 Å². The van der Waals surface area contributed by atoms with Gasteiger partial charge in [0.25, 0.3) is 5.91 Å². The maximum absolute atomic E-state index is 12.0. The van der Waals surface area contributed by atoms with Gasteiger partial charge in [-0.05, 0) is 18.4 Å². The normalized spacial score (nSPS) is 19.1. The monoisotopic (exact) mass is 221 g/mol. The fourth-order valence-electron chi connectivity index (χ4n) is 1.97. The number of rotatable bonds is 2. The number of nitrogens with one attached hydrogen (secondary N) is 1. The van der Waals surface area contributed by atoms with Crippen molar-refractivity contribution in [1.29, 1.82) is 0 Å². The highest BCUT2D eigenvalue weighted by Gasteiger charge is 2.27. The number of Topliss-reactive ketones (excluding diaryl/α,β-unsaturated/α-hetero) is 1. The van der Waals surface area contributed by atoms with Crippen LogP contribution in [-0.2, 0) is 11.2 Å². The first-order chi connectivity index (χ1) is 7.72. The van der Waals surface area contributed by atoms with Gasteiger partial charge in [0.2, 0.25) is 0 Å². The van der Waals surface area contributed by atoms with Crippen LogP contribution in [0.3, 0.4) is 0 Å². The lowest BCUT2D eigenvalue weighted by atomic mass is 9.87. The Bertz CT molecular complexity index is 431. The Morgan fingerprint density at radius 1 is 1.44 bits per heavy atom. The number of hydrogen-bond donors (Lipinski definition) is 1. The summed E-state index contributed by atoms with van der Waals surface area (Å²) in [4.78, 5) is 22.8. The highest BCUT2D eigenvalue weighted by atomic mass is 19.1. The minimum atomic E-state index is -1.08. The van der Waals surface area contributed by atoms with E-state index in [-0.39, 0.29) is 5.78 Å². The Morgan fingerprint density at radius 3 is 2.94 bits per heavy atom. The number of amides is 1. The Hall–Kier alpha value is -1.71. The second kappa shape index (κ2) is 4.43. The van der Waals surface area contributed by atoms with E-state index >= 15 is 0 Å². The number of carbonyl (C=O) groups excluding carboxylic acids is 2. The molecule has 0 radical (unpaired) electrons. The first-order valence-corrected chi connectivity index (χ1v) is 5.20. The molecule has 0 spiro atoms. The molecule has 0 aliphatic heterocycles. The number of carbonyl (C=O) groups is 2. The molecule has 0 saturated heterocycles. The fraction of sp³-hybridized carbons (Fsp3) is 0.333. The lowest BCUT2D eigenvalue weighted by molar-refractivity contribution is -0.122. The van der Waals surface area contributed by atoms with Crippen LogP contribution in [0.1, 0.15) is 22.3 Å². The van der Waals surface area contributed by atoms with Gasteiger partial charge in [0.15, 0.2) is 12.5 Å². The van der Waals surface area contributed by atoms with Gasteiger partial charge in [-0.25, -0.2) is 4.39 Å². The van der Waals surface area contributed by atoms with Crippen LogP contribution in [0.2, 0.25) is 0 Å². The van der Waals surface area contributed by atoms with Crippen LogP contribution in [0.4, 0.5) is 4.39 Å². The Labute approximate surface area is 92.7 Å². The third-order valence-electron chi connectivity index (χ3n) is 2.76. The molecule has 0 heterocycles. The van der Waals surface area contributed by atoms with Crippen LogP contribution in [0.25, 0.3) is 0 Å². The van der Waals surface area contributed by atoms with Crippen LogP contribution in [-0.4, -0.2) is 24.4 Å². The van der Waals surface area contributed by atoms with Gasteiger partial charge in [0.05, 0.1) is 6.04 Å². The van der Waals surface area contributed by atoms with E-state index in [1.165, 1.54) is 0 Å². The van der Waals surface area contributed by atoms with Gasteiger partial charge in [-0.1, -0.05) is 24.3 Å². The molecule has 1 aromatic carbocycles. The third kappa shape index (κ3) is 1.96. The van der Waals surface area contributed by atoms with Gasteiger partial charge >= 0.3 is 0 Å². The van der Waals surface area contributed by atoms with Crippen molar-refractivity contribution in [3.05, 3.63) is 35.4 Å². The zero-order chi connectivity index (χ0) is 11.5. The molecule has 3 nitrogen and oxygen atoms in total. The Kier molecular flexibility index (Phi) is 2.99. The maximum Gasteiger partial charge on any atom is 0.251 e. The SMILES string of the molecule is O=C(CF)NC1CCc2ccccc2C1=O. The van der Waals surface area contributed by atoms with Gasteiger partial charge in [-0.15, -0.1) is 0 Å². The number of aryl methyl sites for hydroxylation is 1. The molecule has 1 aromatic rings. The van der Waals surface area contributed by atoms with E-state index in [2.05, 4.69) is 5.32 Å². The maximum atomic E-state index is 12.0. The lowest BCUT2D eigenvalue weighted by Crippen LogP contribution is -2.44. The van der Waals surface area contributed by atoms with Gasteiger partial charge < -0.3 is 5.32 Å². The van der Waals surface area contributed by atoms with Crippen LogP contribution in [0, 0.1) is 0 Å². The zero-order valence-corrected chi connectivity index (χ0v) is 8.70. The second-order valence-corrected chi connectivity index (χ2v) is 3.81. The minimum Gasteiger partial charge on any atom is -0.344 e. The van der Waals surface area contributed by atoms with Crippen molar-refractivity contribution in [3.8, 4) is 0 Å². The fourth-order valence-corrected chi connectivity index (χ4v) is 1.97. The molecule has 1 aliphatic carbocycles. The van der Waals surface area contributed by atoms with Crippen molar-refractivity contribution < 1.29 is 14.0 Å². The summed E-state index contributed by atoms with van der Waals surface area (Å²) in [6.45, 7) is -1.08. The minimum absolute atomic E-state index is 0.122. The summed E-state index contributed by atoms with van der Waals surface area (Å²) < 4.78 is 12.0. The van der Waals surface area contributed by atoms with Crippen LogP contribution in [0.15, 0.2) is 24.3 Å². The van der Waals surface area contributed by atoms with Crippen LogP contribution < -0.4 is 5.32 Å². The van der Waals surface area contributed by atoms with Gasteiger partial charge in [-0.3, -0.25) is 9.59 Å². The van der Waals surface area contributed by atoms with Crippen molar-refractivity contribution in [2.24, 2.45) is 0 Å². The molecule has 1 unspecified atom stereocenters. The number of ketones is 1. The topological polar surface area (TPSA) is 46.2 Å². The van der Waals surface area contributed by atoms with Crippen molar-refractivity contribution in [1.82, 2.24) is 5.32 Å². The van der Waals surface area contributed by atoms with E-state index < -0.39 is 18.6 Å². The highest BCUT2D eigenvalue weighted by Crippen LogP contribution is 2.21. The van der Waals surface area contributed by atoms with Gasteiger partial charge in [-0.2, -0.15) is 0 Å². The Morgan fingerprint density at radius 2 is 2.19 bits per heavy atom. The average molecular weight is 221 g/mol. The molecule has 1 N–H and O–H groups in total. The first-order valence-electron chi connectivity index (χ1n) is 5.20. The average Bonchev–Trinajstić information content (AvgIpc) is 2.33. The number of benzene rings is 1. The molecule has 1 amide bonds. The van der Waals surface area contributed by atoms with Gasteiger partial charge in [0.1, 0.15) is 0 Å². The number of alkyl halides is 1. The zero-order valence-electron chi connectivity index (χ0n) is 8.70. The standard InChI is InChI=1S/C12H12FNO2/c13-7-11(15)14-10-6-5-8-3-1-2-4-9(8)12(10)16/h1-4,10H,5-7H2,(H,14,15). The van der Waals surface area contributed by atoms with Crippen LogP contribution in [0.5, 0.6) is 0 Å².